The second-order valence-electron chi connectivity index (χ2n) is 3.98. The summed E-state index contributed by atoms with van der Waals surface area (Å²) < 4.78 is 42.9. The third kappa shape index (κ3) is 2.74. The van der Waals surface area contributed by atoms with Crippen molar-refractivity contribution in [1.29, 1.82) is 5.26 Å². The molecule has 18 heavy (non-hydrogen) atoms. The Bertz CT molecular complexity index is 467. The molecule has 0 aromatic heterocycles. The molecule has 1 unspecified atom stereocenters. The van der Waals surface area contributed by atoms with E-state index in [-0.39, 0.29) is 6.54 Å². The topological polar surface area (TPSA) is 36.3 Å². The molecule has 1 aromatic carbocycles. The van der Waals surface area contributed by atoms with Crippen molar-refractivity contribution in [2.75, 3.05) is 24.6 Å². The Morgan fingerprint density at radius 2 is 2.17 bits per heavy atom. The van der Waals surface area contributed by atoms with Crippen LogP contribution in [0.4, 0.5) is 18.9 Å². The van der Waals surface area contributed by atoms with Gasteiger partial charge >= 0.3 is 6.18 Å². The standard InChI is InChI=1S/C12H11F3N2O/c13-12(14,15)9-2-1-3-10(6-9)17-4-5-18-11(7-16)8-17/h1-3,6,11H,4-5,8H2. The first kappa shape index (κ1) is 12.7. The second kappa shape index (κ2) is 4.86. The molecule has 0 N–H and O–H groups in total. The molecule has 2 rings (SSSR count). The van der Waals surface area contributed by atoms with E-state index >= 15 is 0 Å². The number of hydrogen-bond acceptors (Lipinski definition) is 3. The molecule has 0 spiro atoms. The van der Waals surface area contributed by atoms with Gasteiger partial charge in [0.1, 0.15) is 0 Å². The van der Waals surface area contributed by atoms with E-state index in [4.69, 9.17) is 10.00 Å². The molecule has 1 heterocycles. The maximum absolute atomic E-state index is 12.6. The van der Waals surface area contributed by atoms with E-state index in [0.29, 0.717) is 18.8 Å². The third-order valence-electron chi connectivity index (χ3n) is 2.75. The van der Waals surface area contributed by atoms with Gasteiger partial charge in [0, 0.05) is 12.2 Å². The highest BCUT2D eigenvalue weighted by Gasteiger charge is 2.31. The molecule has 1 aliphatic rings. The third-order valence-corrected chi connectivity index (χ3v) is 2.75. The summed E-state index contributed by atoms with van der Waals surface area (Å²) in [6.07, 6.45) is -4.94. The number of anilines is 1. The Hall–Kier alpha value is -1.74. The molecule has 96 valence electrons. The van der Waals surface area contributed by atoms with Gasteiger partial charge in [0.2, 0.25) is 0 Å². The van der Waals surface area contributed by atoms with Crippen molar-refractivity contribution in [3.05, 3.63) is 29.8 Å². The van der Waals surface area contributed by atoms with Gasteiger partial charge in [0.15, 0.2) is 6.10 Å². The lowest BCUT2D eigenvalue weighted by atomic mass is 10.1. The van der Waals surface area contributed by atoms with Gasteiger partial charge in [-0.25, -0.2) is 0 Å². The van der Waals surface area contributed by atoms with Gasteiger partial charge in [-0.15, -0.1) is 0 Å². The molecule has 0 bridgehead atoms. The minimum absolute atomic E-state index is 0.289. The highest BCUT2D eigenvalue weighted by molar-refractivity contribution is 5.50. The van der Waals surface area contributed by atoms with Crippen LogP contribution in [0.5, 0.6) is 0 Å². The Morgan fingerprint density at radius 3 is 2.83 bits per heavy atom. The maximum Gasteiger partial charge on any atom is 0.416 e. The monoisotopic (exact) mass is 256 g/mol. The van der Waals surface area contributed by atoms with E-state index in [2.05, 4.69) is 0 Å². The van der Waals surface area contributed by atoms with Crippen LogP contribution in [0.25, 0.3) is 0 Å². The first-order valence-electron chi connectivity index (χ1n) is 5.44. The zero-order valence-electron chi connectivity index (χ0n) is 9.44. The van der Waals surface area contributed by atoms with Crippen molar-refractivity contribution in [2.45, 2.75) is 12.3 Å². The maximum atomic E-state index is 12.6. The quantitative estimate of drug-likeness (QED) is 0.774. The average Bonchev–Trinajstić information content (AvgIpc) is 2.38. The van der Waals surface area contributed by atoms with Crippen LogP contribution in [0.15, 0.2) is 24.3 Å². The van der Waals surface area contributed by atoms with Gasteiger partial charge < -0.3 is 9.64 Å². The lowest BCUT2D eigenvalue weighted by molar-refractivity contribution is -0.137. The number of halogens is 3. The normalized spacial score (nSPS) is 20.6. The fourth-order valence-corrected chi connectivity index (χ4v) is 1.84. The van der Waals surface area contributed by atoms with Crippen LogP contribution in [-0.2, 0) is 10.9 Å². The first-order chi connectivity index (χ1) is 8.50. The first-order valence-corrected chi connectivity index (χ1v) is 5.44. The molecule has 1 saturated heterocycles. The van der Waals surface area contributed by atoms with Crippen LogP contribution in [0.2, 0.25) is 0 Å². The van der Waals surface area contributed by atoms with Crippen LogP contribution in [0.3, 0.4) is 0 Å². The number of ether oxygens (including phenoxy) is 1. The molecule has 1 aromatic rings. The Balaban J connectivity index is 2.21. The molecular weight excluding hydrogens is 245 g/mol. The molecule has 0 aliphatic carbocycles. The van der Waals surface area contributed by atoms with E-state index < -0.39 is 17.8 Å². The summed E-state index contributed by atoms with van der Waals surface area (Å²) in [7, 11) is 0. The number of benzene rings is 1. The summed E-state index contributed by atoms with van der Waals surface area (Å²) in [5.41, 5.74) is -0.214. The second-order valence-corrected chi connectivity index (χ2v) is 3.98. The molecule has 1 atom stereocenters. The zero-order valence-corrected chi connectivity index (χ0v) is 9.44. The van der Waals surface area contributed by atoms with Crippen LogP contribution in [0.1, 0.15) is 5.56 Å². The highest BCUT2D eigenvalue weighted by atomic mass is 19.4. The fourth-order valence-electron chi connectivity index (χ4n) is 1.84. The SMILES string of the molecule is N#CC1CN(c2cccc(C(F)(F)F)c2)CCO1. The van der Waals surface area contributed by atoms with Crippen LogP contribution in [0, 0.1) is 11.3 Å². The number of rotatable bonds is 1. The van der Waals surface area contributed by atoms with Crippen LogP contribution >= 0.6 is 0 Å². The molecule has 6 heteroatoms. The fraction of sp³-hybridized carbons (Fsp3) is 0.417. The van der Waals surface area contributed by atoms with Crippen molar-refractivity contribution >= 4 is 5.69 Å². The predicted octanol–water partition coefficient (Wildman–Crippen LogP) is 2.43. The van der Waals surface area contributed by atoms with Crippen molar-refractivity contribution in [3.63, 3.8) is 0 Å². The molecular formula is C12H11F3N2O. The van der Waals surface area contributed by atoms with E-state index in [1.165, 1.54) is 6.07 Å². The molecule has 1 aliphatic heterocycles. The van der Waals surface area contributed by atoms with Gasteiger partial charge in [0.25, 0.3) is 0 Å². The zero-order chi connectivity index (χ0) is 13.2. The summed E-state index contributed by atoms with van der Waals surface area (Å²) in [5.74, 6) is 0. The van der Waals surface area contributed by atoms with Crippen molar-refractivity contribution in [2.24, 2.45) is 0 Å². The van der Waals surface area contributed by atoms with Gasteiger partial charge in [0.05, 0.1) is 24.8 Å². The summed E-state index contributed by atoms with van der Waals surface area (Å²) in [6, 6.07) is 7.07. The molecule has 0 radical (unpaired) electrons. The van der Waals surface area contributed by atoms with E-state index in [0.717, 1.165) is 12.1 Å². The average molecular weight is 256 g/mol. The van der Waals surface area contributed by atoms with E-state index in [1.807, 2.05) is 6.07 Å². The van der Waals surface area contributed by atoms with Crippen LogP contribution < -0.4 is 4.90 Å². The molecule has 0 saturated carbocycles. The number of nitriles is 1. The van der Waals surface area contributed by atoms with Crippen molar-refractivity contribution < 1.29 is 17.9 Å². The summed E-state index contributed by atoms with van der Waals surface area (Å²) in [4.78, 5) is 1.73. The molecule has 1 fully saturated rings. The lowest BCUT2D eigenvalue weighted by Crippen LogP contribution is -2.41. The number of hydrogen-bond donors (Lipinski definition) is 0. The Labute approximate surface area is 102 Å². The summed E-state index contributed by atoms with van der Waals surface area (Å²) >= 11 is 0. The summed E-state index contributed by atoms with van der Waals surface area (Å²) in [6.45, 7) is 1.12. The Morgan fingerprint density at radius 1 is 1.39 bits per heavy atom. The molecule has 0 amide bonds. The lowest BCUT2D eigenvalue weighted by Gasteiger charge is -2.31. The predicted molar refractivity (Wildman–Crippen MR) is 59.0 cm³/mol. The highest BCUT2D eigenvalue weighted by Crippen LogP contribution is 2.31. The van der Waals surface area contributed by atoms with Gasteiger partial charge in [-0.2, -0.15) is 18.4 Å². The Kier molecular flexibility index (Phi) is 3.43. The van der Waals surface area contributed by atoms with Gasteiger partial charge in [-0.1, -0.05) is 6.07 Å². The van der Waals surface area contributed by atoms with E-state index in [1.54, 1.807) is 11.0 Å². The smallest absolute Gasteiger partial charge is 0.366 e. The number of morpholine rings is 1. The minimum atomic E-state index is -4.35. The number of alkyl halides is 3. The summed E-state index contributed by atoms with van der Waals surface area (Å²) in [5, 5.41) is 8.76. The minimum Gasteiger partial charge on any atom is -0.366 e. The number of nitrogens with zero attached hydrogens (tertiary/aromatic N) is 2. The van der Waals surface area contributed by atoms with Crippen molar-refractivity contribution in [1.82, 2.24) is 0 Å². The van der Waals surface area contributed by atoms with Crippen LogP contribution in [-0.4, -0.2) is 25.8 Å². The largest absolute Gasteiger partial charge is 0.416 e. The van der Waals surface area contributed by atoms with Crippen molar-refractivity contribution in [3.8, 4) is 6.07 Å². The van der Waals surface area contributed by atoms with E-state index in [9.17, 15) is 13.2 Å². The van der Waals surface area contributed by atoms with Gasteiger partial charge in [-0.05, 0) is 18.2 Å². The van der Waals surface area contributed by atoms with Gasteiger partial charge in [-0.3, -0.25) is 0 Å². The molecule has 3 nitrogen and oxygen atoms in total.